The zero-order valence-electron chi connectivity index (χ0n) is 16.1. The van der Waals surface area contributed by atoms with Crippen molar-refractivity contribution in [2.45, 2.75) is 52.4 Å². The van der Waals surface area contributed by atoms with Crippen LogP contribution in [-0.4, -0.2) is 15.3 Å². The van der Waals surface area contributed by atoms with Crippen LogP contribution in [0.2, 0.25) is 5.02 Å². The summed E-state index contributed by atoms with van der Waals surface area (Å²) in [7, 11) is 0. The van der Waals surface area contributed by atoms with Gasteiger partial charge >= 0.3 is 0 Å². The third-order valence-electron chi connectivity index (χ3n) is 4.22. The van der Waals surface area contributed by atoms with Crippen molar-refractivity contribution in [3.63, 3.8) is 0 Å². The number of nitrogens with zero attached hydrogens (tertiary/aromatic N) is 2. The summed E-state index contributed by atoms with van der Waals surface area (Å²) >= 11 is 11.5. The Morgan fingerprint density at radius 2 is 1.73 bits per heavy atom. The van der Waals surface area contributed by atoms with Crippen molar-refractivity contribution in [1.29, 1.82) is 0 Å². The summed E-state index contributed by atoms with van der Waals surface area (Å²) in [5, 5.41) is 0.671. The number of pyridine rings is 1. The van der Waals surface area contributed by atoms with Crippen molar-refractivity contribution in [3.8, 4) is 11.3 Å². The monoisotopic (exact) mass is 390 g/mol. The van der Waals surface area contributed by atoms with Gasteiger partial charge in [-0.3, -0.25) is 0 Å². The van der Waals surface area contributed by atoms with Crippen LogP contribution in [0.5, 0.6) is 0 Å². The highest BCUT2D eigenvalue weighted by Gasteiger charge is 2.14. The minimum absolute atomic E-state index is 0.167. The maximum atomic E-state index is 6.16. The molecule has 3 rings (SSSR count). The second kappa shape index (κ2) is 9.43. The Bertz CT molecular complexity index is 810. The number of alkyl halides is 1. The molecule has 0 aliphatic carbocycles. The van der Waals surface area contributed by atoms with E-state index in [9.17, 15) is 0 Å². The van der Waals surface area contributed by atoms with Crippen molar-refractivity contribution in [2.24, 2.45) is 0 Å². The Balaban J connectivity index is 0.000000352. The van der Waals surface area contributed by atoms with Crippen LogP contribution in [0.15, 0.2) is 48.8 Å². The van der Waals surface area contributed by atoms with E-state index in [0.29, 0.717) is 5.02 Å². The van der Waals surface area contributed by atoms with E-state index in [-0.39, 0.29) is 5.41 Å². The molecule has 1 aromatic carbocycles. The summed E-state index contributed by atoms with van der Waals surface area (Å²) in [4.78, 5) is 4.61. The Morgan fingerprint density at radius 3 is 2.23 bits per heavy atom. The minimum atomic E-state index is 0.167. The van der Waals surface area contributed by atoms with Crippen LogP contribution in [-0.2, 0) is 5.41 Å². The maximum absolute atomic E-state index is 6.16. The molecule has 0 aliphatic rings. The molecule has 2 aromatic heterocycles. The standard InChI is InChI=1S/C17H17ClN2.C5H11Cl/c1-17(2,3)13-8-6-12(7-9-13)15-11-20-10-4-5-14(18)16(20)19-15;1-2-3-4-5-6/h4-11H,1-3H3;2-5H2,1H3. The smallest absolute Gasteiger partial charge is 0.156 e. The van der Waals surface area contributed by atoms with Crippen LogP contribution in [0.4, 0.5) is 0 Å². The third kappa shape index (κ3) is 5.49. The van der Waals surface area contributed by atoms with Crippen molar-refractivity contribution < 1.29 is 0 Å². The van der Waals surface area contributed by atoms with E-state index in [0.717, 1.165) is 22.8 Å². The highest BCUT2D eigenvalue weighted by Crippen LogP contribution is 2.27. The largest absolute Gasteiger partial charge is 0.305 e. The lowest BCUT2D eigenvalue weighted by Crippen LogP contribution is -2.10. The van der Waals surface area contributed by atoms with Gasteiger partial charge in [-0.25, -0.2) is 4.98 Å². The molecule has 0 amide bonds. The molecule has 0 aliphatic heterocycles. The highest BCUT2D eigenvalue weighted by molar-refractivity contribution is 6.33. The molecule has 0 spiro atoms. The molecule has 2 heterocycles. The van der Waals surface area contributed by atoms with Gasteiger partial charge in [0.25, 0.3) is 0 Å². The minimum Gasteiger partial charge on any atom is -0.305 e. The number of imidazole rings is 1. The lowest BCUT2D eigenvalue weighted by molar-refractivity contribution is 0.590. The fourth-order valence-electron chi connectivity index (χ4n) is 2.60. The molecule has 0 N–H and O–H groups in total. The molecule has 26 heavy (non-hydrogen) atoms. The van der Waals surface area contributed by atoms with E-state index < -0.39 is 0 Å². The molecule has 3 aromatic rings. The van der Waals surface area contributed by atoms with E-state index in [1.807, 2.05) is 28.9 Å². The Hall–Kier alpha value is -1.51. The molecule has 2 nitrogen and oxygen atoms in total. The van der Waals surface area contributed by atoms with Crippen LogP contribution in [0, 0.1) is 0 Å². The van der Waals surface area contributed by atoms with E-state index in [1.165, 1.54) is 24.8 Å². The van der Waals surface area contributed by atoms with Gasteiger partial charge in [-0.05, 0) is 29.5 Å². The number of fused-ring (bicyclic) bond motifs is 1. The number of aromatic nitrogens is 2. The van der Waals surface area contributed by atoms with Crippen molar-refractivity contribution in [2.75, 3.05) is 5.88 Å². The SMILES string of the molecule is CC(C)(C)c1ccc(-c2cn3cccc(Cl)c3n2)cc1.CCCCCCl. The van der Waals surface area contributed by atoms with Gasteiger partial charge in [0.2, 0.25) is 0 Å². The fourth-order valence-corrected chi connectivity index (χ4v) is 3.00. The normalized spacial score (nSPS) is 11.3. The van der Waals surface area contributed by atoms with E-state index in [4.69, 9.17) is 23.2 Å². The average molecular weight is 391 g/mol. The molecule has 0 saturated heterocycles. The molecule has 0 saturated carbocycles. The zero-order valence-corrected chi connectivity index (χ0v) is 17.6. The summed E-state index contributed by atoms with van der Waals surface area (Å²) < 4.78 is 1.95. The van der Waals surface area contributed by atoms with E-state index >= 15 is 0 Å². The van der Waals surface area contributed by atoms with Crippen molar-refractivity contribution in [1.82, 2.24) is 9.38 Å². The van der Waals surface area contributed by atoms with Crippen LogP contribution in [0.25, 0.3) is 16.9 Å². The van der Waals surface area contributed by atoms with Gasteiger partial charge in [-0.15, -0.1) is 11.6 Å². The molecule has 0 radical (unpaired) electrons. The predicted molar refractivity (Wildman–Crippen MR) is 115 cm³/mol. The first-order valence-electron chi connectivity index (χ1n) is 9.17. The van der Waals surface area contributed by atoms with Crippen LogP contribution in [0.1, 0.15) is 52.5 Å². The number of halogens is 2. The molecular formula is C22H28Cl2N2. The van der Waals surface area contributed by atoms with Gasteiger partial charge in [0.05, 0.1) is 10.7 Å². The van der Waals surface area contributed by atoms with Gasteiger partial charge in [-0.2, -0.15) is 0 Å². The molecular weight excluding hydrogens is 363 g/mol. The first-order valence-corrected chi connectivity index (χ1v) is 10.1. The number of rotatable bonds is 4. The van der Waals surface area contributed by atoms with Crippen molar-refractivity contribution in [3.05, 3.63) is 59.4 Å². The van der Waals surface area contributed by atoms with Gasteiger partial charge in [-0.1, -0.05) is 76.4 Å². The second-order valence-corrected chi connectivity index (χ2v) is 8.22. The predicted octanol–water partition coefficient (Wildman–Crippen LogP) is 7.37. The number of hydrogen-bond acceptors (Lipinski definition) is 1. The number of unbranched alkanes of at least 4 members (excludes halogenated alkanes) is 2. The highest BCUT2D eigenvalue weighted by atomic mass is 35.5. The number of hydrogen-bond donors (Lipinski definition) is 0. The molecule has 140 valence electrons. The molecule has 0 atom stereocenters. The fraction of sp³-hybridized carbons (Fsp3) is 0.409. The van der Waals surface area contributed by atoms with E-state index in [1.54, 1.807) is 0 Å². The molecule has 0 bridgehead atoms. The summed E-state index contributed by atoms with van der Waals surface area (Å²) in [5.41, 5.74) is 4.34. The van der Waals surface area contributed by atoms with Gasteiger partial charge in [0.15, 0.2) is 5.65 Å². The second-order valence-electron chi connectivity index (χ2n) is 7.44. The Morgan fingerprint density at radius 1 is 1.04 bits per heavy atom. The topological polar surface area (TPSA) is 17.3 Å². The van der Waals surface area contributed by atoms with Gasteiger partial charge < -0.3 is 4.40 Å². The zero-order chi connectivity index (χ0) is 19.2. The molecule has 4 heteroatoms. The summed E-state index contributed by atoms with van der Waals surface area (Å²) in [5.74, 6) is 0.827. The van der Waals surface area contributed by atoms with Crippen molar-refractivity contribution >= 4 is 28.8 Å². The van der Waals surface area contributed by atoms with Crippen LogP contribution in [0.3, 0.4) is 0 Å². The van der Waals surface area contributed by atoms with Crippen LogP contribution < -0.4 is 0 Å². The lowest BCUT2D eigenvalue weighted by Gasteiger charge is -2.18. The molecule has 0 fully saturated rings. The Kier molecular flexibility index (Phi) is 7.55. The van der Waals surface area contributed by atoms with E-state index in [2.05, 4.69) is 56.9 Å². The number of benzene rings is 1. The van der Waals surface area contributed by atoms with Gasteiger partial charge in [0.1, 0.15) is 0 Å². The summed E-state index contributed by atoms with van der Waals surface area (Å²) in [6.45, 7) is 8.82. The third-order valence-corrected chi connectivity index (χ3v) is 4.78. The maximum Gasteiger partial charge on any atom is 0.156 e. The van der Waals surface area contributed by atoms with Crippen LogP contribution >= 0.6 is 23.2 Å². The van der Waals surface area contributed by atoms with Gasteiger partial charge in [0, 0.05) is 23.8 Å². The quantitative estimate of drug-likeness (QED) is 0.335. The average Bonchev–Trinajstić information content (AvgIpc) is 3.06. The molecule has 0 unspecified atom stereocenters. The first kappa shape index (κ1) is 20.8. The lowest BCUT2D eigenvalue weighted by atomic mass is 9.86. The first-order chi connectivity index (χ1) is 12.4. The summed E-state index contributed by atoms with van der Waals surface area (Å²) in [6, 6.07) is 12.4. The Labute approximate surface area is 167 Å². The summed E-state index contributed by atoms with van der Waals surface area (Å²) in [6.07, 6.45) is 7.70.